The third-order valence-electron chi connectivity index (χ3n) is 7.20. The SMILES string of the molecule is CCC[C@H]1[C@H]2C[C@H](CN(C(=O)CCc3c(C)noc3C)C2)[C@@H]2CCCC(=O)N21. The first-order valence-electron chi connectivity index (χ1n) is 11.0. The molecule has 28 heavy (non-hydrogen) atoms. The lowest BCUT2D eigenvalue weighted by Crippen LogP contribution is -2.65. The average molecular weight is 388 g/mol. The van der Waals surface area contributed by atoms with Gasteiger partial charge in [-0.3, -0.25) is 9.59 Å². The number of fused-ring (bicyclic) bond motifs is 4. The zero-order valence-electron chi connectivity index (χ0n) is 17.4. The van der Waals surface area contributed by atoms with Gasteiger partial charge < -0.3 is 14.3 Å². The fourth-order valence-corrected chi connectivity index (χ4v) is 5.90. The molecule has 0 spiro atoms. The molecule has 1 aromatic heterocycles. The third kappa shape index (κ3) is 3.46. The van der Waals surface area contributed by atoms with Crippen LogP contribution in [-0.2, 0) is 16.0 Å². The number of amides is 2. The second-order valence-electron chi connectivity index (χ2n) is 8.97. The molecule has 1 aromatic rings. The highest BCUT2D eigenvalue weighted by Gasteiger charge is 2.49. The fraction of sp³-hybridized carbons (Fsp3) is 0.773. The van der Waals surface area contributed by atoms with Crippen LogP contribution in [0.5, 0.6) is 0 Å². The first kappa shape index (κ1) is 19.5. The maximum Gasteiger partial charge on any atom is 0.223 e. The van der Waals surface area contributed by atoms with E-state index in [9.17, 15) is 9.59 Å². The van der Waals surface area contributed by atoms with Crippen molar-refractivity contribution in [3.05, 3.63) is 17.0 Å². The van der Waals surface area contributed by atoms with Crippen molar-refractivity contribution in [3.63, 3.8) is 0 Å². The van der Waals surface area contributed by atoms with Gasteiger partial charge in [0.05, 0.1) is 5.69 Å². The van der Waals surface area contributed by atoms with Gasteiger partial charge in [-0.25, -0.2) is 0 Å². The number of hydrogen-bond donors (Lipinski definition) is 0. The molecule has 0 radical (unpaired) electrons. The van der Waals surface area contributed by atoms with E-state index in [0.29, 0.717) is 49.1 Å². The van der Waals surface area contributed by atoms with Crippen LogP contribution in [-0.4, -0.2) is 51.9 Å². The molecular formula is C22H33N3O3. The summed E-state index contributed by atoms with van der Waals surface area (Å²) in [6.07, 6.45) is 7.32. The molecule has 3 fully saturated rings. The van der Waals surface area contributed by atoms with Crippen LogP contribution < -0.4 is 0 Å². The minimum Gasteiger partial charge on any atom is -0.361 e. The van der Waals surface area contributed by atoms with E-state index in [-0.39, 0.29) is 5.91 Å². The van der Waals surface area contributed by atoms with Gasteiger partial charge in [0, 0.05) is 43.6 Å². The summed E-state index contributed by atoms with van der Waals surface area (Å²) in [5.74, 6) is 2.28. The molecule has 3 saturated heterocycles. The summed E-state index contributed by atoms with van der Waals surface area (Å²) >= 11 is 0. The van der Waals surface area contributed by atoms with E-state index in [1.54, 1.807) is 0 Å². The molecule has 0 unspecified atom stereocenters. The minimum atomic E-state index is 0.237. The van der Waals surface area contributed by atoms with Gasteiger partial charge in [0.25, 0.3) is 0 Å². The van der Waals surface area contributed by atoms with Crippen molar-refractivity contribution >= 4 is 11.8 Å². The van der Waals surface area contributed by atoms with Crippen LogP contribution in [0.25, 0.3) is 0 Å². The number of rotatable bonds is 5. The standard InChI is InChI=1S/C22H33N3O3/c1-4-6-19-16-11-17(20-7-5-8-22(27)25(19)20)13-24(12-16)21(26)10-9-18-14(2)23-28-15(18)3/h16-17,19-20H,4-13H2,1-3H3/t16-,17+,19-,20-/m0/s1. The molecule has 0 saturated carbocycles. The molecule has 0 aliphatic carbocycles. The largest absolute Gasteiger partial charge is 0.361 e. The quantitative estimate of drug-likeness (QED) is 0.778. The van der Waals surface area contributed by atoms with Crippen molar-refractivity contribution in [1.82, 2.24) is 15.0 Å². The lowest BCUT2D eigenvalue weighted by molar-refractivity contribution is -0.156. The third-order valence-corrected chi connectivity index (χ3v) is 7.20. The molecule has 0 aromatic carbocycles. The predicted octanol–water partition coefficient (Wildman–Crippen LogP) is 3.25. The summed E-state index contributed by atoms with van der Waals surface area (Å²) in [6.45, 7) is 7.66. The Hall–Kier alpha value is -1.85. The Balaban J connectivity index is 1.46. The smallest absolute Gasteiger partial charge is 0.223 e. The van der Waals surface area contributed by atoms with E-state index in [0.717, 1.165) is 55.8 Å². The normalized spacial score (nSPS) is 29.8. The lowest BCUT2D eigenvalue weighted by atomic mass is 9.71. The highest BCUT2D eigenvalue weighted by Crippen LogP contribution is 2.43. The molecule has 2 amide bonds. The van der Waals surface area contributed by atoms with Crippen LogP contribution in [0, 0.1) is 25.7 Å². The van der Waals surface area contributed by atoms with Gasteiger partial charge in [-0.05, 0) is 57.8 Å². The summed E-state index contributed by atoms with van der Waals surface area (Å²) < 4.78 is 5.23. The van der Waals surface area contributed by atoms with Crippen LogP contribution in [0.4, 0.5) is 0 Å². The van der Waals surface area contributed by atoms with E-state index >= 15 is 0 Å². The van der Waals surface area contributed by atoms with E-state index in [1.165, 1.54) is 6.42 Å². The topological polar surface area (TPSA) is 66.7 Å². The van der Waals surface area contributed by atoms with E-state index in [1.807, 2.05) is 13.8 Å². The van der Waals surface area contributed by atoms with Crippen LogP contribution in [0.3, 0.4) is 0 Å². The summed E-state index contributed by atoms with van der Waals surface area (Å²) in [6, 6.07) is 0.657. The molecule has 3 aliphatic rings. The number of likely N-dealkylation sites (tertiary alicyclic amines) is 1. The molecule has 6 heteroatoms. The van der Waals surface area contributed by atoms with Gasteiger partial charge >= 0.3 is 0 Å². The number of aromatic nitrogens is 1. The van der Waals surface area contributed by atoms with E-state index in [2.05, 4.69) is 21.9 Å². The minimum absolute atomic E-state index is 0.237. The van der Waals surface area contributed by atoms with Crippen molar-refractivity contribution < 1.29 is 14.1 Å². The highest BCUT2D eigenvalue weighted by molar-refractivity contribution is 5.79. The van der Waals surface area contributed by atoms with Crippen LogP contribution >= 0.6 is 0 Å². The first-order valence-corrected chi connectivity index (χ1v) is 11.0. The maximum atomic E-state index is 13.0. The molecule has 2 bridgehead atoms. The van der Waals surface area contributed by atoms with Crippen molar-refractivity contribution in [2.45, 2.75) is 84.2 Å². The number of aryl methyl sites for hydroxylation is 2. The van der Waals surface area contributed by atoms with Crippen molar-refractivity contribution in [3.8, 4) is 0 Å². The maximum absolute atomic E-state index is 13.0. The van der Waals surface area contributed by atoms with Crippen LogP contribution in [0.2, 0.25) is 0 Å². The zero-order valence-corrected chi connectivity index (χ0v) is 17.4. The lowest BCUT2D eigenvalue weighted by Gasteiger charge is -2.56. The van der Waals surface area contributed by atoms with E-state index < -0.39 is 0 Å². The van der Waals surface area contributed by atoms with Crippen LogP contribution in [0.15, 0.2) is 4.52 Å². The molecule has 6 nitrogen and oxygen atoms in total. The summed E-state index contributed by atoms with van der Waals surface area (Å²) in [7, 11) is 0. The Labute approximate surface area is 167 Å². The second-order valence-corrected chi connectivity index (χ2v) is 8.97. The Kier molecular flexibility index (Phi) is 5.48. The van der Waals surface area contributed by atoms with Gasteiger partial charge in [-0.2, -0.15) is 0 Å². The zero-order chi connectivity index (χ0) is 19.8. The molecule has 4 atom stereocenters. The number of piperidine rings is 3. The molecular weight excluding hydrogens is 354 g/mol. The molecule has 3 aliphatic heterocycles. The van der Waals surface area contributed by atoms with Crippen molar-refractivity contribution in [2.24, 2.45) is 11.8 Å². The van der Waals surface area contributed by atoms with Gasteiger partial charge in [0.15, 0.2) is 0 Å². The number of nitrogens with zero attached hydrogens (tertiary/aromatic N) is 3. The monoisotopic (exact) mass is 387 g/mol. The Morgan fingerprint density at radius 3 is 2.75 bits per heavy atom. The molecule has 154 valence electrons. The van der Waals surface area contributed by atoms with Gasteiger partial charge in [0.2, 0.25) is 11.8 Å². The average Bonchev–Trinajstić information content (AvgIpc) is 3.01. The predicted molar refractivity (Wildman–Crippen MR) is 106 cm³/mol. The van der Waals surface area contributed by atoms with Crippen molar-refractivity contribution in [1.29, 1.82) is 0 Å². The van der Waals surface area contributed by atoms with Gasteiger partial charge in [-0.15, -0.1) is 0 Å². The van der Waals surface area contributed by atoms with Crippen molar-refractivity contribution in [2.75, 3.05) is 13.1 Å². The second kappa shape index (κ2) is 7.88. The summed E-state index contributed by atoms with van der Waals surface area (Å²) in [5.41, 5.74) is 1.96. The van der Waals surface area contributed by atoms with E-state index in [4.69, 9.17) is 4.52 Å². The van der Waals surface area contributed by atoms with Gasteiger partial charge in [-0.1, -0.05) is 18.5 Å². The first-order chi connectivity index (χ1) is 13.5. The highest BCUT2D eigenvalue weighted by atomic mass is 16.5. The number of hydrogen-bond acceptors (Lipinski definition) is 4. The number of carbonyl (C=O) groups excluding carboxylic acids is 2. The Bertz CT molecular complexity index is 724. The summed E-state index contributed by atoms with van der Waals surface area (Å²) in [5, 5.41) is 4.00. The van der Waals surface area contributed by atoms with Gasteiger partial charge in [0.1, 0.15) is 5.76 Å². The molecule has 4 rings (SSSR count). The Morgan fingerprint density at radius 2 is 2.04 bits per heavy atom. The molecule has 0 N–H and O–H groups in total. The molecule has 4 heterocycles. The fourth-order valence-electron chi connectivity index (χ4n) is 5.90. The van der Waals surface area contributed by atoms with Crippen LogP contribution in [0.1, 0.15) is 68.9 Å². The Morgan fingerprint density at radius 1 is 1.25 bits per heavy atom. The number of carbonyl (C=O) groups is 2. The summed E-state index contributed by atoms with van der Waals surface area (Å²) in [4.78, 5) is 30.1.